The number of furan rings is 1. The van der Waals surface area contributed by atoms with Crippen LogP contribution in [0.2, 0.25) is 0 Å². The summed E-state index contributed by atoms with van der Waals surface area (Å²) in [4.78, 5) is 23.7. The molecule has 9 heteroatoms. The molecular formula is C16H16N6O3. The second-order valence-corrected chi connectivity index (χ2v) is 5.02. The molecule has 3 aromatic rings. The van der Waals surface area contributed by atoms with Gasteiger partial charge in [-0.3, -0.25) is 0 Å². The Hall–Kier alpha value is -3.62. The van der Waals surface area contributed by atoms with Crippen molar-refractivity contribution in [3.63, 3.8) is 0 Å². The molecule has 0 bridgehead atoms. The number of anilines is 3. The van der Waals surface area contributed by atoms with Gasteiger partial charge in [-0.2, -0.15) is 15.0 Å². The van der Waals surface area contributed by atoms with Gasteiger partial charge in [0.25, 0.3) is 0 Å². The number of hydrogen-bond acceptors (Lipinski definition) is 9. The Balaban J connectivity index is 1.67. The van der Waals surface area contributed by atoms with Gasteiger partial charge in [0, 0.05) is 5.69 Å². The average Bonchev–Trinajstić information content (AvgIpc) is 3.11. The van der Waals surface area contributed by atoms with Gasteiger partial charge in [-0.1, -0.05) is 12.1 Å². The first-order valence-electron chi connectivity index (χ1n) is 7.40. The van der Waals surface area contributed by atoms with Crippen molar-refractivity contribution in [3.8, 4) is 0 Å². The Bertz CT molecular complexity index is 846. The molecule has 0 amide bonds. The third kappa shape index (κ3) is 4.22. The van der Waals surface area contributed by atoms with Crippen molar-refractivity contribution < 1.29 is 13.9 Å². The average molecular weight is 340 g/mol. The predicted molar refractivity (Wildman–Crippen MR) is 90.2 cm³/mol. The van der Waals surface area contributed by atoms with Gasteiger partial charge in [0.15, 0.2) is 12.4 Å². The third-order valence-electron chi connectivity index (χ3n) is 3.23. The van der Waals surface area contributed by atoms with Crippen molar-refractivity contribution in [1.82, 2.24) is 15.0 Å². The maximum Gasteiger partial charge on any atom is 0.340 e. The lowest BCUT2D eigenvalue weighted by molar-refractivity contribution is 0.0463. The summed E-state index contributed by atoms with van der Waals surface area (Å²) in [6, 6.07) is 10.6. The van der Waals surface area contributed by atoms with Gasteiger partial charge in [-0.15, -0.1) is 0 Å². The fraction of sp³-hybridized carbons (Fsp3) is 0.125. The van der Waals surface area contributed by atoms with E-state index in [1.165, 1.54) is 0 Å². The van der Waals surface area contributed by atoms with Gasteiger partial charge in [0.1, 0.15) is 5.76 Å². The summed E-state index contributed by atoms with van der Waals surface area (Å²) in [6.45, 7) is 0.278. The molecule has 2 aromatic heterocycles. The minimum absolute atomic E-state index is 0.0286. The van der Waals surface area contributed by atoms with Gasteiger partial charge in [0.05, 0.1) is 18.4 Å². The van der Waals surface area contributed by atoms with Gasteiger partial charge in [0.2, 0.25) is 11.9 Å². The number of aromatic nitrogens is 3. The van der Waals surface area contributed by atoms with E-state index in [0.29, 0.717) is 17.8 Å². The predicted octanol–water partition coefficient (Wildman–Crippen LogP) is 1.60. The summed E-state index contributed by atoms with van der Waals surface area (Å²) in [7, 11) is 0. The van der Waals surface area contributed by atoms with Crippen molar-refractivity contribution in [2.24, 2.45) is 0 Å². The molecule has 2 heterocycles. The number of carbonyl (C=O) groups excluding carboxylic acids is 1. The van der Waals surface area contributed by atoms with E-state index in [-0.39, 0.29) is 24.3 Å². The second kappa shape index (κ2) is 7.30. The molecule has 0 saturated carbocycles. The minimum atomic E-state index is -0.528. The van der Waals surface area contributed by atoms with Crippen LogP contribution in [-0.2, 0) is 17.9 Å². The first-order chi connectivity index (χ1) is 12.1. The van der Waals surface area contributed by atoms with E-state index in [0.717, 1.165) is 5.76 Å². The van der Waals surface area contributed by atoms with Crippen molar-refractivity contribution in [2.45, 2.75) is 13.2 Å². The number of nitrogen functional groups attached to an aromatic ring is 2. The Kier molecular flexibility index (Phi) is 4.74. The minimum Gasteiger partial charge on any atom is -0.467 e. The lowest BCUT2D eigenvalue weighted by Crippen LogP contribution is -2.12. The van der Waals surface area contributed by atoms with Crippen LogP contribution >= 0.6 is 0 Å². The number of benzene rings is 1. The van der Waals surface area contributed by atoms with Crippen molar-refractivity contribution in [1.29, 1.82) is 0 Å². The summed E-state index contributed by atoms with van der Waals surface area (Å²) in [5.41, 5.74) is 12.0. The zero-order valence-electron chi connectivity index (χ0n) is 13.2. The number of ether oxygens (including phenoxy) is 1. The fourth-order valence-electron chi connectivity index (χ4n) is 2.14. The van der Waals surface area contributed by atoms with Gasteiger partial charge in [-0.05, 0) is 24.3 Å². The highest BCUT2D eigenvalue weighted by Gasteiger charge is 2.14. The molecule has 0 aliphatic heterocycles. The highest BCUT2D eigenvalue weighted by molar-refractivity contribution is 5.95. The first-order valence-corrected chi connectivity index (χ1v) is 7.40. The molecule has 0 atom stereocenters. The lowest BCUT2D eigenvalue weighted by Gasteiger charge is -2.11. The SMILES string of the molecule is Nc1nc(N)nc(COC(=O)c2ccccc2NCc2ccco2)n1. The van der Waals surface area contributed by atoms with E-state index in [9.17, 15) is 4.79 Å². The number of carbonyl (C=O) groups is 1. The molecule has 3 rings (SSSR count). The number of hydrogen-bond donors (Lipinski definition) is 3. The first kappa shape index (κ1) is 16.2. The highest BCUT2D eigenvalue weighted by atomic mass is 16.5. The second-order valence-electron chi connectivity index (χ2n) is 5.02. The van der Waals surface area contributed by atoms with Gasteiger partial charge >= 0.3 is 5.97 Å². The summed E-state index contributed by atoms with van der Waals surface area (Å²) in [6.07, 6.45) is 1.59. The zero-order chi connectivity index (χ0) is 17.6. The Morgan fingerprint density at radius 2 is 1.84 bits per heavy atom. The van der Waals surface area contributed by atoms with E-state index >= 15 is 0 Å². The summed E-state index contributed by atoms with van der Waals surface area (Å²) in [5, 5.41) is 3.14. The Labute approximate surface area is 143 Å². The molecule has 0 aliphatic carbocycles. The van der Waals surface area contributed by atoms with Gasteiger partial charge < -0.3 is 25.9 Å². The summed E-state index contributed by atoms with van der Waals surface area (Å²) < 4.78 is 10.5. The van der Waals surface area contributed by atoms with E-state index < -0.39 is 5.97 Å². The van der Waals surface area contributed by atoms with Crippen LogP contribution in [0.3, 0.4) is 0 Å². The van der Waals surface area contributed by atoms with E-state index in [2.05, 4.69) is 20.3 Å². The van der Waals surface area contributed by atoms with Crippen LogP contribution in [0.1, 0.15) is 21.9 Å². The van der Waals surface area contributed by atoms with Gasteiger partial charge in [-0.25, -0.2) is 4.79 Å². The number of nitrogens with zero attached hydrogens (tertiary/aromatic N) is 3. The topological polar surface area (TPSA) is 142 Å². The number of nitrogens with two attached hydrogens (primary N) is 2. The quantitative estimate of drug-likeness (QED) is 0.570. The number of esters is 1. The van der Waals surface area contributed by atoms with Crippen molar-refractivity contribution in [3.05, 3.63) is 59.8 Å². The third-order valence-corrected chi connectivity index (χ3v) is 3.23. The van der Waals surface area contributed by atoms with E-state index in [1.54, 1.807) is 30.5 Å². The monoisotopic (exact) mass is 340 g/mol. The van der Waals surface area contributed by atoms with Crippen LogP contribution in [-0.4, -0.2) is 20.9 Å². The Morgan fingerprint density at radius 1 is 1.08 bits per heavy atom. The van der Waals surface area contributed by atoms with Crippen LogP contribution < -0.4 is 16.8 Å². The molecule has 25 heavy (non-hydrogen) atoms. The molecule has 128 valence electrons. The molecule has 1 aromatic carbocycles. The summed E-state index contributed by atoms with van der Waals surface area (Å²) in [5.74, 6) is 0.344. The van der Waals surface area contributed by atoms with Crippen LogP contribution in [0.4, 0.5) is 17.6 Å². The lowest BCUT2D eigenvalue weighted by atomic mass is 10.2. The molecule has 0 spiro atoms. The molecular weight excluding hydrogens is 324 g/mol. The summed E-state index contributed by atoms with van der Waals surface area (Å²) >= 11 is 0. The molecule has 0 fully saturated rings. The number of rotatable bonds is 6. The smallest absolute Gasteiger partial charge is 0.340 e. The van der Waals surface area contributed by atoms with Crippen LogP contribution in [0, 0.1) is 0 Å². The van der Waals surface area contributed by atoms with E-state index in [4.69, 9.17) is 20.6 Å². The van der Waals surface area contributed by atoms with E-state index in [1.807, 2.05) is 12.1 Å². The van der Waals surface area contributed by atoms with Crippen molar-refractivity contribution >= 4 is 23.6 Å². The van der Waals surface area contributed by atoms with Crippen LogP contribution in [0.5, 0.6) is 0 Å². The van der Waals surface area contributed by atoms with Crippen LogP contribution in [0.25, 0.3) is 0 Å². The zero-order valence-corrected chi connectivity index (χ0v) is 13.2. The van der Waals surface area contributed by atoms with Crippen molar-refractivity contribution in [2.75, 3.05) is 16.8 Å². The molecule has 0 aliphatic rings. The highest BCUT2D eigenvalue weighted by Crippen LogP contribution is 2.18. The molecule has 0 radical (unpaired) electrons. The van der Waals surface area contributed by atoms with Crippen LogP contribution in [0.15, 0.2) is 47.1 Å². The maximum atomic E-state index is 12.4. The fourth-order valence-corrected chi connectivity index (χ4v) is 2.14. The normalized spacial score (nSPS) is 10.4. The number of para-hydroxylation sites is 1. The molecule has 0 unspecified atom stereocenters. The molecule has 0 saturated heterocycles. The number of nitrogens with one attached hydrogen (secondary N) is 1. The standard InChI is InChI=1S/C16H16N6O3/c17-15-20-13(21-16(18)22-15)9-25-14(23)11-5-1-2-6-12(11)19-8-10-4-3-7-24-10/h1-7,19H,8-9H2,(H4,17,18,20,21,22). The maximum absolute atomic E-state index is 12.4. The Morgan fingerprint density at radius 3 is 2.56 bits per heavy atom. The largest absolute Gasteiger partial charge is 0.467 e. The molecule has 5 N–H and O–H groups in total. The molecule has 9 nitrogen and oxygen atoms in total.